The van der Waals surface area contributed by atoms with Crippen LogP contribution in [0.2, 0.25) is 0 Å². The number of ether oxygens (including phenoxy) is 2. The number of anilines is 2. The lowest BCUT2D eigenvalue weighted by Crippen LogP contribution is -2.38. The number of amides is 2. The van der Waals surface area contributed by atoms with E-state index in [9.17, 15) is 9.59 Å². The van der Waals surface area contributed by atoms with Gasteiger partial charge in [-0.3, -0.25) is 9.59 Å². The molecule has 9 heteroatoms. The van der Waals surface area contributed by atoms with Crippen molar-refractivity contribution in [3.63, 3.8) is 0 Å². The van der Waals surface area contributed by atoms with E-state index in [4.69, 9.17) is 9.47 Å². The van der Waals surface area contributed by atoms with Crippen molar-refractivity contribution in [2.75, 3.05) is 43.6 Å². The van der Waals surface area contributed by atoms with Crippen LogP contribution in [-0.4, -0.2) is 55.4 Å². The summed E-state index contributed by atoms with van der Waals surface area (Å²) in [5.74, 6) is 2.19. The molecule has 1 aromatic heterocycles. The lowest BCUT2D eigenvalue weighted by molar-refractivity contribution is -0.120. The average molecular weight is 490 g/mol. The van der Waals surface area contributed by atoms with Crippen molar-refractivity contribution in [2.24, 2.45) is 5.92 Å². The van der Waals surface area contributed by atoms with Crippen molar-refractivity contribution in [1.29, 1.82) is 0 Å². The highest BCUT2D eigenvalue weighted by Crippen LogP contribution is 2.25. The summed E-state index contributed by atoms with van der Waals surface area (Å²) < 4.78 is 10.8. The molecule has 0 atom stereocenters. The fourth-order valence-corrected chi connectivity index (χ4v) is 4.06. The first kappa shape index (κ1) is 25.0. The number of carbonyl (C=O) groups excluding carboxylic acids is 2. The number of hydrogen-bond acceptors (Lipinski definition) is 7. The van der Waals surface area contributed by atoms with Crippen LogP contribution in [0.3, 0.4) is 0 Å². The van der Waals surface area contributed by atoms with Crippen LogP contribution >= 0.6 is 0 Å². The number of benzene rings is 2. The van der Waals surface area contributed by atoms with Gasteiger partial charge in [-0.05, 0) is 73.5 Å². The minimum Gasteiger partial charge on any atom is -0.497 e. The quantitative estimate of drug-likeness (QED) is 0.443. The number of piperidine rings is 1. The lowest BCUT2D eigenvalue weighted by Gasteiger charge is -2.31. The van der Waals surface area contributed by atoms with Gasteiger partial charge in [-0.2, -0.15) is 0 Å². The van der Waals surface area contributed by atoms with Crippen molar-refractivity contribution >= 4 is 23.3 Å². The molecule has 0 bridgehead atoms. The predicted octanol–water partition coefficient (Wildman–Crippen LogP) is 3.52. The van der Waals surface area contributed by atoms with Gasteiger partial charge in [0.15, 0.2) is 5.82 Å². The smallest absolute Gasteiger partial charge is 0.227 e. The minimum atomic E-state index is -0.0851. The van der Waals surface area contributed by atoms with Crippen LogP contribution in [0.1, 0.15) is 19.8 Å². The molecule has 2 aromatic carbocycles. The molecule has 0 unspecified atom stereocenters. The Morgan fingerprint density at radius 2 is 1.64 bits per heavy atom. The SMILES string of the molecule is COc1ccc(-c2ccc(N3CCC(C(=O)Nc4ccc(OCCNC(C)=O)cc4)CC3)nn2)cc1. The van der Waals surface area contributed by atoms with Crippen molar-refractivity contribution < 1.29 is 19.1 Å². The van der Waals surface area contributed by atoms with E-state index in [0.717, 1.165) is 54.4 Å². The van der Waals surface area contributed by atoms with Crippen LogP contribution in [-0.2, 0) is 9.59 Å². The maximum atomic E-state index is 12.8. The van der Waals surface area contributed by atoms with Crippen LogP contribution in [0.4, 0.5) is 11.5 Å². The summed E-state index contributed by atoms with van der Waals surface area (Å²) in [5, 5.41) is 14.5. The van der Waals surface area contributed by atoms with E-state index in [1.807, 2.05) is 48.5 Å². The van der Waals surface area contributed by atoms with E-state index in [1.54, 1.807) is 19.2 Å². The first-order chi connectivity index (χ1) is 17.5. The highest BCUT2D eigenvalue weighted by molar-refractivity contribution is 5.92. The normalized spacial score (nSPS) is 13.7. The van der Waals surface area contributed by atoms with E-state index in [0.29, 0.717) is 18.9 Å². The van der Waals surface area contributed by atoms with Crippen molar-refractivity contribution in [2.45, 2.75) is 19.8 Å². The fourth-order valence-electron chi connectivity index (χ4n) is 4.06. The molecule has 1 fully saturated rings. The van der Waals surface area contributed by atoms with Crippen molar-refractivity contribution in [1.82, 2.24) is 15.5 Å². The maximum absolute atomic E-state index is 12.8. The molecule has 1 saturated heterocycles. The predicted molar refractivity (Wildman–Crippen MR) is 138 cm³/mol. The van der Waals surface area contributed by atoms with E-state index in [2.05, 4.69) is 25.7 Å². The summed E-state index contributed by atoms with van der Waals surface area (Å²) in [6.45, 7) is 3.80. The molecular formula is C27H31N5O4. The molecule has 0 saturated carbocycles. The standard InChI is InChI=1S/C27H31N5O4/c1-19(33)28-15-18-36-24-9-5-22(6-10-24)29-27(34)21-13-16-32(17-14-21)26-12-11-25(30-31-26)20-3-7-23(35-2)8-4-20/h3-12,21H,13-18H2,1-2H3,(H,28,33)(H,29,34). The molecular weight excluding hydrogens is 458 g/mol. The van der Waals surface area contributed by atoms with E-state index in [1.165, 1.54) is 6.92 Å². The van der Waals surface area contributed by atoms with Crippen LogP contribution in [0.15, 0.2) is 60.7 Å². The zero-order valence-electron chi connectivity index (χ0n) is 20.6. The molecule has 2 heterocycles. The van der Waals surface area contributed by atoms with Crippen molar-refractivity contribution in [3.05, 3.63) is 60.7 Å². The third-order valence-corrected chi connectivity index (χ3v) is 6.09. The van der Waals surface area contributed by atoms with Gasteiger partial charge in [0.25, 0.3) is 0 Å². The topological polar surface area (TPSA) is 106 Å². The highest BCUT2D eigenvalue weighted by Gasteiger charge is 2.26. The van der Waals surface area contributed by atoms with Gasteiger partial charge in [-0.25, -0.2) is 0 Å². The Hall–Kier alpha value is -4.14. The number of nitrogens with one attached hydrogen (secondary N) is 2. The Balaban J connectivity index is 1.23. The van der Waals surface area contributed by atoms with Crippen LogP contribution < -0.4 is 25.0 Å². The van der Waals surface area contributed by atoms with Gasteiger partial charge in [0.05, 0.1) is 19.3 Å². The summed E-state index contributed by atoms with van der Waals surface area (Å²) >= 11 is 0. The van der Waals surface area contributed by atoms with Gasteiger partial charge in [-0.1, -0.05) is 0 Å². The Kier molecular flexibility index (Phi) is 8.33. The third-order valence-electron chi connectivity index (χ3n) is 6.09. The minimum absolute atomic E-state index is 0.0231. The number of methoxy groups -OCH3 is 1. The summed E-state index contributed by atoms with van der Waals surface area (Å²) in [6.07, 6.45) is 1.50. The Labute approximate surface area is 210 Å². The second-order valence-corrected chi connectivity index (χ2v) is 8.61. The van der Waals surface area contributed by atoms with Crippen LogP contribution in [0.25, 0.3) is 11.3 Å². The average Bonchev–Trinajstić information content (AvgIpc) is 2.92. The molecule has 0 aliphatic carbocycles. The van der Waals surface area contributed by atoms with Gasteiger partial charge in [0.1, 0.15) is 18.1 Å². The zero-order chi connectivity index (χ0) is 25.3. The Morgan fingerprint density at radius 1 is 0.944 bits per heavy atom. The highest BCUT2D eigenvalue weighted by atomic mass is 16.5. The summed E-state index contributed by atoms with van der Waals surface area (Å²) in [4.78, 5) is 25.8. The molecule has 0 radical (unpaired) electrons. The number of nitrogens with zero attached hydrogens (tertiary/aromatic N) is 3. The Bertz CT molecular complexity index is 1140. The van der Waals surface area contributed by atoms with Gasteiger partial charge < -0.3 is 25.0 Å². The first-order valence-electron chi connectivity index (χ1n) is 12.0. The molecule has 9 nitrogen and oxygen atoms in total. The van der Waals surface area contributed by atoms with Gasteiger partial charge >= 0.3 is 0 Å². The third kappa shape index (κ3) is 6.71. The van der Waals surface area contributed by atoms with Gasteiger partial charge in [-0.15, -0.1) is 10.2 Å². The molecule has 0 spiro atoms. The fraction of sp³-hybridized carbons (Fsp3) is 0.333. The van der Waals surface area contributed by atoms with E-state index < -0.39 is 0 Å². The van der Waals surface area contributed by atoms with Crippen LogP contribution in [0, 0.1) is 5.92 Å². The molecule has 2 amide bonds. The zero-order valence-corrected chi connectivity index (χ0v) is 20.6. The van der Waals surface area contributed by atoms with Gasteiger partial charge in [0.2, 0.25) is 11.8 Å². The van der Waals surface area contributed by atoms with E-state index >= 15 is 0 Å². The summed E-state index contributed by atoms with van der Waals surface area (Å²) in [5.41, 5.74) is 2.52. The van der Waals surface area contributed by atoms with Crippen LogP contribution in [0.5, 0.6) is 11.5 Å². The number of carbonyl (C=O) groups is 2. The maximum Gasteiger partial charge on any atom is 0.227 e. The van der Waals surface area contributed by atoms with Gasteiger partial charge in [0, 0.05) is 37.2 Å². The van der Waals surface area contributed by atoms with Crippen molar-refractivity contribution in [3.8, 4) is 22.8 Å². The molecule has 1 aliphatic heterocycles. The lowest BCUT2D eigenvalue weighted by atomic mass is 9.95. The first-order valence-corrected chi connectivity index (χ1v) is 12.0. The molecule has 36 heavy (non-hydrogen) atoms. The molecule has 2 N–H and O–H groups in total. The summed E-state index contributed by atoms with van der Waals surface area (Å²) in [6, 6.07) is 18.9. The number of aromatic nitrogens is 2. The molecule has 3 aromatic rings. The monoisotopic (exact) mass is 489 g/mol. The molecule has 188 valence electrons. The second-order valence-electron chi connectivity index (χ2n) is 8.61. The second kappa shape index (κ2) is 12.0. The largest absolute Gasteiger partial charge is 0.497 e. The number of rotatable bonds is 9. The summed E-state index contributed by atoms with van der Waals surface area (Å²) in [7, 11) is 1.64. The molecule has 4 rings (SSSR count). The molecule has 1 aliphatic rings. The number of hydrogen-bond donors (Lipinski definition) is 2. The van der Waals surface area contributed by atoms with E-state index in [-0.39, 0.29) is 17.7 Å². The Morgan fingerprint density at radius 3 is 2.25 bits per heavy atom.